The quantitative estimate of drug-likeness (QED) is 0.663. The molecular weight excluding hydrogens is 413 g/mol. The number of nitrogens with one attached hydrogen (secondary N) is 1. The average Bonchev–Trinajstić information content (AvgIpc) is 3.12. The van der Waals surface area contributed by atoms with E-state index in [1.54, 1.807) is 30.5 Å². The molecule has 0 aliphatic carbocycles. The van der Waals surface area contributed by atoms with Crippen molar-refractivity contribution in [3.05, 3.63) is 75.8 Å². The first-order chi connectivity index (χ1) is 14.0. The summed E-state index contributed by atoms with van der Waals surface area (Å²) in [4.78, 5) is 17.3. The van der Waals surface area contributed by atoms with Crippen molar-refractivity contribution in [1.82, 2.24) is 14.9 Å². The third kappa shape index (κ3) is 4.33. The minimum absolute atomic E-state index is 0.144. The number of imidazole rings is 1. The highest BCUT2D eigenvalue weighted by Gasteiger charge is 2.22. The lowest BCUT2D eigenvalue weighted by molar-refractivity contribution is -0.121. The molecule has 2 aromatic carbocycles. The summed E-state index contributed by atoms with van der Waals surface area (Å²) in [5.74, 6) is 1.64. The monoisotopic (exact) mass is 431 g/mol. The van der Waals surface area contributed by atoms with E-state index in [4.69, 9.17) is 32.7 Å². The number of fused-ring (bicyclic) bond motifs is 1. The summed E-state index contributed by atoms with van der Waals surface area (Å²) in [5.41, 5.74) is 1.63. The van der Waals surface area contributed by atoms with Crippen molar-refractivity contribution in [1.29, 1.82) is 0 Å². The van der Waals surface area contributed by atoms with Gasteiger partial charge >= 0.3 is 0 Å². The molecule has 1 atom stereocenters. The number of ether oxygens (including phenoxy) is 2. The SMILES string of the molecule is Cn1ccnc1[C@@H](NC(=O)Cc1cc(Cl)c2c(c1)OCCO2)c1ccc(Cl)cc1. The van der Waals surface area contributed by atoms with Gasteiger partial charge in [0.2, 0.25) is 5.91 Å². The number of aromatic nitrogens is 2. The van der Waals surface area contributed by atoms with Crippen molar-refractivity contribution in [3.8, 4) is 11.5 Å². The summed E-state index contributed by atoms with van der Waals surface area (Å²) in [7, 11) is 1.89. The van der Waals surface area contributed by atoms with Gasteiger partial charge in [-0.2, -0.15) is 0 Å². The van der Waals surface area contributed by atoms with Crippen LogP contribution in [0.3, 0.4) is 0 Å². The zero-order valence-corrected chi connectivity index (χ0v) is 17.2. The van der Waals surface area contributed by atoms with Gasteiger partial charge in [-0.05, 0) is 35.4 Å². The Kier molecular flexibility index (Phi) is 5.65. The van der Waals surface area contributed by atoms with Crippen LogP contribution in [-0.2, 0) is 18.3 Å². The fraction of sp³-hybridized carbons (Fsp3) is 0.238. The highest BCUT2D eigenvalue weighted by Crippen LogP contribution is 2.38. The van der Waals surface area contributed by atoms with Crippen LogP contribution in [0.2, 0.25) is 10.0 Å². The molecular formula is C21H19Cl2N3O3. The average molecular weight is 432 g/mol. The second-order valence-corrected chi connectivity index (χ2v) is 7.57. The maximum Gasteiger partial charge on any atom is 0.225 e. The van der Waals surface area contributed by atoms with Crippen molar-refractivity contribution >= 4 is 29.1 Å². The molecule has 3 aromatic rings. The fourth-order valence-electron chi connectivity index (χ4n) is 3.27. The summed E-state index contributed by atoms with van der Waals surface area (Å²) >= 11 is 12.3. The minimum atomic E-state index is -0.410. The fourth-order valence-corrected chi connectivity index (χ4v) is 3.69. The van der Waals surface area contributed by atoms with Crippen LogP contribution in [0.15, 0.2) is 48.8 Å². The molecule has 0 bridgehead atoms. The number of nitrogens with zero attached hydrogens (tertiary/aromatic N) is 2. The van der Waals surface area contributed by atoms with E-state index in [0.29, 0.717) is 34.8 Å². The van der Waals surface area contributed by atoms with Crippen LogP contribution in [0, 0.1) is 0 Å². The van der Waals surface area contributed by atoms with Crippen LogP contribution in [0.4, 0.5) is 0 Å². The van der Waals surface area contributed by atoms with Crippen molar-refractivity contribution < 1.29 is 14.3 Å². The summed E-state index contributed by atoms with van der Waals surface area (Å²) in [6.45, 7) is 0.912. The van der Waals surface area contributed by atoms with Crippen LogP contribution < -0.4 is 14.8 Å². The molecule has 150 valence electrons. The summed E-state index contributed by atoms with van der Waals surface area (Å²) < 4.78 is 13.0. The molecule has 0 spiro atoms. The molecule has 1 aliphatic rings. The van der Waals surface area contributed by atoms with Crippen LogP contribution >= 0.6 is 23.2 Å². The van der Waals surface area contributed by atoms with Gasteiger partial charge in [0, 0.05) is 24.5 Å². The molecule has 1 aliphatic heterocycles. The number of benzene rings is 2. The van der Waals surface area contributed by atoms with E-state index in [1.807, 2.05) is 29.9 Å². The van der Waals surface area contributed by atoms with E-state index in [1.165, 1.54) is 0 Å². The molecule has 1 amide bonds. The van der Waals surface area contributed by atoms with Gasteiger partial charge in [0.25, 0.3) is 0 Å². The number of aryl methyl sites for hydroxylation is 1. The number of rotatable bonds is 5. The van der Waals surface area contributed by atoms with Gasteiger partial charge in [0.15, 0.2) is 11.5 Å². The Morgan fingerprint density at radius 3 is 2.69 bits per heavy atom. The Balaban J connectivity index is 1.56. The van der Waals surface area contributed by atoms with E-state index in [-0.39, 0.29) is 12.3 Å². The molecule has 1 N–H and O–H groups in total. The van der Waals surface area contributed by atoms with Gasteiger partial charge in [-0.1, -0.05) is 35.3 Å². The highest BCUT2D eigenvalue weighted by atomic mass is 35.5. The van der Waals surface area contributed by atoms with Gasteiger partial charge in [0.1, 0.15) is 25.1 Å². The van der Waals surface area contributed by atoms with Gasteiger partial charge in [-0.25, -0.2) is 4.98 Å². The first kappa shape index (κ1) is 19.6. The van der Waals surface area contributed by atoms with Crippen molar-refractivity contribution in [2.24, 2.45) is 7.05 Å². The number of hydrogen-bond donors (Lipinski definition) is 1. The van der Waals surface area contributed by atoms with Gasteiger partial charge < -0.3 is 19.4 Å². The van der Waals surface area contributed by atoms with E-state index in [9.17, 15) is 4.79 Å². The maximum absolute atomic E-state index is 12.9. The van der Waals surface area contributed by atoms with E-state index >= 15 is 0 Å². The van der Waals surface area contributed by atoms with E-state index < -0.39 is 6.04 Å². The lowest BCUT2D eigenvalue weighted by Gasteiger charge is -2.21. The number of halogens is 2. The zero-order chi connectivity index (χ0) is 20.4. The topological polar surface area (TPSA) is 65.4 Å². The number of hydrogen-bond acceptors (Lipinski definition) is 4. The predicted molar refractivity (Wildman–Crippen MR) is 111 cm³/mol. The Labute approximate surface area is 178 Å². The molecule has 6 nitrogen and oxygen atoms in total. The molecule has 0 saturated carbocycles. The normalized spacial score (nSPS) is 13.8. The minimum Gasteiger partial charge on any atom is -0.486 e. The predicted octanol–water partition coefficient (Wildman–Crippen LogP) is 3.95. The molecule has 2 heterocycles. The summed E-state index contributed by atoms with van der Waals surface area (Å²) in [6.07, 6.45) is 3.68. The molecule has 0 saturated heterocycles. The Hall–Kier alpha value is -2.70. The largest absolute Gasteiger partial charge is 0.486 e. The van der Waals surface area contributed by atoms with Crippen molar-refractivity contribution in [3.63, 3.8) is 0 Å². The van der Waals surface area contributed by atoms with Crippen LogP contribution in [0.1, 0.15) is 23.0 Å². The highest BCUT2D eigenvalue weighted by molar-refractivity contribution is 6.32. The van der Waals surface area contributed by atoms with Gasteiger partial charge in [-0.3, -0.25) is 4.79 Å². The Morgan fingerprint density at radius 1 is 1.21 bits per heavy atom. The second-order valence-electron chi connectivity index (χ2n) is 6.73. The van der Waals surface area contributed by atoms with Crippen molar-refractivity contribution in [2.75, 3.05) is 13.2 Å². The van der Waals surface area contributed by atoms with Gasteiger partial charge in [0.05, 0.1) is 11.4 Å². The Morgan fingerprint density at radius 2 is 1.97 bits per heavy atom. The van der Waals surface area contributed by atoms with Crippen LogP contribution in [-0.4, -0.2) is 28.7 Å². The molecule has 4 rings (SSSR count). The molecule has 8 heteroatoms. The second kappa shape index (κ2) is 8.35. The van der Waals surface area contributed by atoms with Gasteiger partial charge in [-0.15, -0.1) is 0 Å². The smallest absolute Gasteiger partial charge is 0.225 e. The molecule has 1 aromatic heterocycles. The first-order valence-corrected chi connectivity index (χ1v) is 9.87. The third-order valence-corrected chi connectivity index (χ3v) is 5.18. The Bertz CT molecular complexity index is 1030. The van der Waals surface area contributed by atoms with E-state index in [0.717, 1.165) is 17.0 Å². The lowest BCUT2D eigenvalue weighted by atomic mass is 10.0. The number of carbonyl (C=O) groups is 1. The standard InChI is InChI=1S/C21H19Cl2N3O3/c1-26-7-6-24-21(26)19(14-2-4-15(22)5-3-14)25-18(27)12-13-10-16(23)20-17(11-13)28-8-9-29-20/h2-7,10-11,19H,8-9,12H2,1H3,(H,25,27)/t19-/m0/s1. The van der Waals surface area contributed by atoms with Crippen LogP contribution in [0.5, 0.6) is 11.5 Å². The molecule has 0 radical (unpaired) electrons. The number of amides is 1. The molecule has 0 unspecified atom stereocenters. The third-order valence-electron chi connectivity index (χ3n) is 4.65. The van der Waals surface area contributed by atoms with Crippen molar-refractivity contribution in [2.45, 2.75) is 12.5 Å². The van der Waals surface area contributed by atoms with E-state index in [2.05, 4.69) is 10.3 Å². The first-order valence-electron chi connectivity index (χ1n) is 9.11. The number of carbonyl (C=O) groups excluding carboxylic acids is 1. The summed E-state index contributed by atoms with van der Waals surface area (Å²) in [5, 5.41) is 4.13. The summed E-state index contributed by atoms with van der Waals surface area (Å²) in [6, 6.07) is 10.4. The molecule has 0 fully saturated rings. The zero-order valence-electron chi connectivity index (χ0n) is 15.7. The van der Waals surface area contributed by atoms with Crippen LogP contribution in [0.25, 0.3) is 0 Å². The molecule has 29 heavy (non-hydrogen) atoms. The lowest BCUT2D eigenvalue weighted by Crippen LogP contribution is -2.32. The maximum atomic E-state index is 12.9.